The second-order valence-corrected chi connectivity index (χ2v) is 13.3. The predicted octanol–water partition coefficient (Wildman–Crippen LogP) is 6.52. The molecule has 212 valence electrons. The highest BCUT2D eigenvalue weighted by molar-refractivity contribution is 5.87. The molecule has 0 unspecified atom stereocenters. The number of hydrogen-bond acceptors (Lipinski definition) is 4. The molecule has 2 aliphatic carbocycles. The first-order chi connectivity index (χ1) is 18.6. The van der Waals surface area contributed by atoms with Crippen molar-refractivity contribution in [3.63, 3.8) is 0 Å². The number of methoxy groups -OCH3 is 2. The molecule has 0 spiro atoms. The zero-order valence-electron chi connectivity index (χ0n) is 24.9. The van der Waals surface area contributed by atoms with E-state index in [1.807, 2.05) is 25.3 Å². The Kier molecular flexibility index (Phi) is 7.73. The van der Waals surface area contributed by atoms with Crippen LogP contribution < -0.4 is 0 Å². The molecule has 4 fully saturated rings. The second kappa shape index (κ2) is 10.6. The van der Waals surface area contributed by atoms with Crippen molar-refractivity contribution in [2.24, 2.45) is 21.7 Å². The number of hydrogen-bond donors (Lipinski definition) is 0. The molecule has 5 nitrogen and oxygen atoms in total. The molecule has 6 atom stereocenters. The second-order valence-electron chi connectivity index (χ2n) is 13.3. The third kappa shape index (κ3) is 4.55. The molecule has 0 N–H and O–H groups in total. The summed E-state index contributed by atoms with van der Waals surface area (Å²) in [5.74, 6) is 0.303. The minimum absolute atomic E-state index is 0.0296. The molecule has 4 aliphatic rings. The van der Waals surface area contributed by atoms with E-state index in [-0.39, 0.29) is 16.9 Å². The lowest BCUT2D eigenvalue weighted by Crippen LogP contribution is -2.52. The van der Waals surface area contributed by atoms with Crippen molar-refractivity contribution in [2.75, 3.05) is 47.1 Å². The van der Waals surface area contributed by atoms with Gasteiger partial charge in [0.25, 0.3) is 0 Å². The number of nitrogens with zero attached hydrogens (tertiary/aromatic N) is 2. The molecule has 6 rings (SSSR count). The monoisotopic (exact) mass is 532 g/mol. The molecule has 2 saturated carbocycles. The van der Waals surface area contributed by atoms with Gasteiger partial charge in [-0.05, 0) is 56.1 Å². The van der Waals surface area contributed by atoms with E-state index in [4.69, 9.17) is 9.47 Å². The van der Waals surface area contributed by atoms with Crippen LogP contribution in [0.3, 0.4) is 0 Å². The van der Waals surface area contributed by atoms with Gasteiger partial charge < -0.3 is 14.4 Å². The van der Waals surface area contributed by atoms with Crippen molar-refractivity contribution >= 4 is 5.91 Å². The normalized spacial score (nSPS) is 34.7. The molecule has 0 aromatic heterocycles. The highest BCUT2D eigenvalue weighted by Gasteiger charge is 2.67. The topological polar surface area (TPSA) is 42.0 Å². The van der Waals surface area contributed by atoms with Gasteiger partial charge in [0.15, 0.2) is 0 Å². The molecule has 2 heterocycles. The predicted molar refractivity (Wildman–Crippen MR) is 156 cm³/mol. The Bertz CT molecular complexity index is 1140. The lowest BCUT2D eigenvalue weighted by molar-refractivity contribution is -0.148. The Morgan fingerprint density at radius 1 is 0.718 bits per heavy atom. The van der Waals surface area contributed by atoms with Gasteiger partial charge in [0.1, 0.15) is 0 Å². The molecule has 1 amide bonds. The molecule has 2 saturated heterocycles. The van der Waals surface area contributed by atoms with E-state index in [1.165, 1.54) is 37.1 Å². The number of ether oxygens (including phenoxy) is 2. The van der Waals surface area contributed by atoms with E-state index in [0.29, 0.717) is 29.4 Å². The first kappa shape index (κ1) is 28.3. The van der Waals surface area contributed by atoms with Gasteiger partial charge in [0.05, 0.1) is 24.7 Å². The number of likely N-dealkylation sites (tertiary alicyclic amines) is 2. The van der Waals surface area contributed by atoms with Crippen LogP contribution in [0.1, 0.15) is 76.6 Å². The Hall–Kier alpha value is -2.21. The van der Waals surface area contributed by atoms with Crippen molar-refractivity contribution < 1.29 is 14.3 Å². The summed E-state index contributed by atoms with van der Waals surface area (Å²) in [4.78, 5) is 17.6. The lowest BCUT2D eigenvalue weighted by Gasteiger charge is -2.52. The Balaban J connectivity index is 0.000000158. The first-order valence-electron chi connectivity index (χ1n) is 14.8. The Labute approximate surface area is 235 Å². The van der Waals surface area contributed by atoms with E-state index < -0.39 is 0 Å². The van der Waals surface area contributed by atoms with Crippen molar-refractivity contribution in [3.8, 4) is 0 Å². The number of amides is 1. The average Bonchev–Trinajstić information content (AvgIpc) is 3.23. The molecular formula is C34H48N2O3. The van der Waals surface area contributed by atoms with E-state index in [9.17, 15) is 4.79 Å². The van der Waals surface area contributed by atoms with E-state index >= 15 is 0 Å². The van der Waals surface area contributed by atoms with Gasteiger partial charge in [-0.2, -0.15) is 0 Å². The summed E-state index contributed by atoms with van der Waals surface area (Å²) in [7, 11) is 3.58. The van der Waals surface area contributed by atoms with Gasteiger partial charge in [0, 0.05) is 50.7 Å². The summed E-state index contributed by atoms with van der Waals surface area (Å²) < 4.78 is 10.9. The molecule has 39 heavy (non-hydrogen) atoms. The molecule has 0 radical (unpaired) electrons. The van der Waals surface area contributed by atoms with Crippen LogP contribution in [0, 0.1) is 21.7 Å². The maximum Gasteiger partial charge on any atom is 0.229 e. The van der Waals surface area contributed by atoms with Crippen LogP contribution in [0.4, 0.5) is 0 Å². The van der Waals surface area contributed by atoms with Gasteiger partial charge in [0.2, 0.25) is 5.91 Å². The number of carbonyl (C=O) groups excluding carboxylic acids is 1. The minimum atomic E-state index is -0.216. The SMILES string of the molecule is COC[C@]12CC[C@@]1(C)C(=O)N([C@H](C)c1ccccc1)C2.COC[C@]12CC[C@@]1(C)CN([C@H](C)c1ccccc1)C2. The van der Waals surface area contributed by atoms with Gasteiger partial charge in [-0.25, -0.2) is 0 Å². The summed E-state index contributed by atoms with van der Waals surface area (Å²) in [5.41, 5.74) is 3.32. The van der Waals surface area contributed by atoms with Gasteiger partial charge >= 0.3 is 0 Å². The standard InChI is InChI=1S/C17H23NO2.C17H25NO/c1-13(14-7-5-4-6-8-14)18-11-17(12-20-3)10-9-16(17,2)15(18)19;1-14(15-7-5-4-6-8-15)18-11-16(2)9-10-17(16,12-18)13-19-3/h4-8,13H,9-12H2,1-3H3;4-8,14H,9-13H2,1-3H3/t13-,16+,17-;14-,16+,17-/m11/s1. The zero-order valence-corrected chi connectivity index (χ0v) is 24.9. The molecule has 2 aromatic carbocycles. The Morgan fingerprint density at radius 3 is 1.74 bits per heavy atom. The van der Waals surface area contributed by atoms with Crippen LogP contribution in [0.25, 0.3) is 0 Å². The van der Waals surface area contributed by atoms with E-state index in [1.54, 1.807) is 7.11 Å². The van der Waals surface area contributed by atoms with Gasteiger partial charge in [-0.15, -0.1) is 0 Å². The molecular weight excluding hydrogens is 484 g/mol. The van der Waals surface area contributed by atoms with Gasteiger partial charge in [-0.1, -0.05) is 74.5 Å². The maximum absolute atomic E-state index is 12.9. The quantitative estimate of drug-likeness (QED) is 0.388. The fourth-order valence-corrected chi connectivity index (χ4v) is 8.03. The molecule has 5 heteroatoms. The van der Waals surface area contributed by atoms with E-state index in [0.717, 1.165) is 26.0 Å². The maximum atomic E-state index is 12.9. The number of carbonyl (C=O) groups is 1. The fraction of sp³-hybridized carbons (Fsp3) is 0.618. The van der Waals surface area contributed by atoms with Crippen molar-refractivity contribution in [1.29, 1.82) is 0 Å². The molecule has 2 aliphatic heterocycles. The van der Waals surface area contributed by atoms with Gasteiger partial charge in [-0.3, -0.25) is 9.69 Å². The summed E-state index contributed by atoms with van der Waals surface area (Å²) in [6, 6.07) is 21.8. The molecule has 0 bridgehead atoms. The number of fused-ring (bicyclic) bond motifs is 2. The summed E-state index contributed by atoms with van der Waals surface area (Å²) in [5, 5.41) is 0. The summed E-state index contributed by atoms with van der Waals surface area (Å²) in [6.07, 6.45) is 4.78. The van der Waals surface area contributed by atoms with Crippen LogP contribution in [-0.2, 0) is 14.3 Å². The zero-order chi connectivity index (χ0) is 27.9. The van der Waals surface area contributed by atoms with E-state index in [2.05, 4.69) is 80.0 Å². The first-order valence-corrected chi connectivity index (χ1v) is 14.8. The average molecular weight is 533 g/mol. The van der Waals surface area contributed by atoms with Crippen LogP contribution in [0.5, 0.6) is 0 Å². The highest BCUT2D eigenvalue weighted by atomic mass is 16.5. The summed E-state index contributed by atoms with van der Waals surface area (Å²) in [6.45, 7) is 13.9. The van der Waals surface area contributed by atoms with Crippen LogP contribution in [0.15, 0.2) is 60.7 Å². The van der Waals surface area contributed by atoms with Crippen LogP contribution in [-0.4, -0.2) is 62.8 Å². The highest BCUT2D eigenvalue weighted by Crippen LogP contribution is 2.63. The Morgan fingerprint density at radius 2 is 1.26 bits per heavy atom. The summed E-state index contributed by atoms with van der Waals surface area (Å²) >= 11 is 0. The van der Waals surface area contributed by atoms with Crippen LogP contribution >= 0.6 is 0 Å². The third-order valence-corrected chi connectivity index (χ3v) is 11.4. The fourth-order valence-electron chi connectivity index (χ4n) is 8.03. The van der Waals surface area contributed by atoms with Crippen molar-refractivity contribution in [2.45, 2.75) is 65.5 Å². The largest absolute Gasteiger partial charge is 0.384 e. The minimum Gasteiger partial charge on any atom is -0.384 e. The van der Waals surface area contributed by atoms with Crippen molar-refractivity contribution in [1.82, 2.24) is 9.80 Å². The third-order valence-electron chi connectivity index (χ3n) is 11.4. The number of rotatable bonds is 8. The van der Waals surface area contributed by atoms with Crippen molar-refractivity contribution in [3.05, 3.63) is 71.8 Å². The molecule has 2 aromatic rings. The lowest BCUT2D eigenvalue weighted by atomic mass is 9.52. The van der Waals surface area contributed by atoms with Crippen LogP contribution in [0.2, 0.25) is 0 Å². The smallest absolute Gasteiger partial charge is 0.229 e. The number of benzene rings is 2.